The fourth-order valence-electron chi connectivity index (χ4n) is 4.43. The number of aromatic hydroxyl groups is 1. The molecule has 3 aromatic carbocycles. The van der Waals surface area contributed by atoms with E-state index in [1.807, 2.05) is 36.4 Å². The summed E-state index contributed by atoms with van der Waals surface area (Å²) in [7, 11) is 0. The number of rotatable bonds is 3. The van der Waals surface area contributed by atoms with Crippen LogP contribution in [0.25, 0.3) is 0 Å². The van der Waals surface area contributed by atoms with Crippen LogP contribution in [0.15, 0.2) is 60.7 Å². The molecule has 0 saturated carbocycles. The molecule has 1 unspecified atom stereocenters. The maximum atomic E-state index is 12.8. The zero-order valence-corrected chi connectivity index (χ0v) is 16.3. The lowest BCUT2D eigenvalue weighted by Crippen LogP contribution is -2.33. The Morgan fingerprint density at radius 3 is 2.48 bits per heavy atom. The van der Waals surface area contributed by atoms with E-state index in [1.54, 1.807) is 24.3 Å². The van der Waals surface area contributed by atoms with Crippen molar-refractivity contribution in [2.45, 2.75) is 19.4 Å². The zero-order valence-electron chi connectivity index (χ0n) is 16.3. The Balaban J connectivity index is 1.83. The normalized spacial score (nSPS) is 18.5. The summed E-state index contributed by atoms with van der Waals surface area (Å²) in [5, 5.41) is 10.0. The quantitative estimate of drug-likeness (QED) is 0.654. The summed E-state index contributed by atoms with van der Waals surface area (Å²) in [6.07, 6.45) is 0. The Bertz CT molecular complexity index is 1140. The molecule has 29 heavy (non-hydrogen) atoms. The molecule has 5 nitrogen and oxygen atoms in total. The molecule has 0 fully saturated rings. The van der Waals surface area contributed by atoms with E-state index in [9.17, 15) is 9.90 Å². The van der Waals surface area contributed by atoms with Gasteiger partial charge in [0.2, 0.25) is 0 Å². The molecular weight excluding hydrogens is 366 g/mol. The average molecular weight is 387 g/mol. The second-order valence-electron chi connectivity index (χ2n) is 7.25. The molecule has 2 aliphatic heterocycles. The first-order valence-electron chi connectivity index (χ1n) is 9.82. The summed E-state index contributed by atoms with van der Waals surface area (Å²) in [5.41, 5.74) is 2.77. The minimum atomic E-state index is -1.10. The van der Waals surface area contributed by atoms with E-state index in [2.05, 4.69) is 18.7 Å². The van der Waals surface area contributed by atoms with Crippen molar-refractivity contribution in [3.8, 4) is 17.2 Å². The molecule has 0 saturated heterocycles. The molecule has 2 aliphatic rings. The highest BCUT2D eigenvalue weighted by molar-refractivity contribution is 5.97. The van der Waals surface area contributed by atoms with E-state index < -0.39 is 5.60 Å². The van der Waals surface area contributed by atoms with E-state index in [0.717, 1.165) is 29.9 Å². The van der Waals surface area contributed by atoms with Crippen LogP contribution in [0.2, 0.25) is 0 Å². The van der Waals surface area contributed by atoms with E-state index >= 15 is 0 Å². The van der Waals surface area contributed by atoms with Gasteiger partial charge in [-0.3, -0.25) is 0 Å². The first kappa shape index (κ1) is 17.6. The van der Waals surface area contributed by atoms with Crippen LogP contribution < -0.4 is 9.64 Å². The van der Waals surface area contributed by atoms with Crippen LogP contribution in [0, 0.1) is 0 Å². The number of phenols is 1. The van der Waals surface area contributed by atoms with Crippen molar-refractivity contribution in [3.63, 3.8) is 0 Å². The van der Waals surface area contributed by atoms with Crippen molar-refractivity contribution < 1.29 is 19.4 Å². The molecule has 0 aromatic heterocycles. The third-order valence-electron chi connectivity index (χ3n) is 5.81. The summed E-state index contributed by atoms with van der Waals surface area (Å²) < 4.78 is 12.3. The van der Waals surface area contributed by atoms with Gasteiger partial charge in [-0.1, -0.05) is 18.2 Å². The summed E-state index contributed by atoms with van der Waals surface area (Å²) in [6.45, 7) is 5.95. The molecule has 0 radical (unpaired) electrons. The topological polar surface area (TPSA) is 59.0 Å². The van der Waals surface area contributed by atoms with Gasteiger partial charge >= 0.3 is 5.97 Å². The number of ether oxygens (including phenoxy) is 2. The van der Waals surface area contributed by atoms with Crippen LogP contribution in [0.4, 0.5) is 5.69 Å². The number of carbonyl (C=O) groups is 1. The first-order chi connectivity index (χ1) is 14.1. The summed E-state index contributed by atoms with van der Waals surface area (Å²) in [5.74, 6) is 0.835. The molecule has 1 N–H and O–H groups in total. The fraction of sp³-hybridized carbons (Fsp3) is 0.208. The highest BCUT2D eigenvalue weighted by atomic mass is 16.6. The van der Waals surface area contributed by atoms with Gasteiger partial charge in [-0.25, -0.2) is 4.79 Å². The van der Waals surface area contributed by atoms with E-state index in [0.29, 0.717) is 22.6 Å². The van der Waals surface area contributed by atoms with Crippen molar-refractivity contribution in [3.05, 3.63) is 82.9 Å². The average Bonchev–Trinajstić information content (AvgIpc) is 3.03. The van der Waals surface area contributed by atoms with Crippen LogP contribution in [0.1, 0.15) is 40.9 Å². The summed E-state index contributed by atoms with van der Waals surface area (Å²) in [6, 6.07) is 18.4. The predicted molar refractivity (Wildman–Crippen MR) is 110 cm³/mol. The third kappa shape index (κ3) is 2.37. The maximum absolute atomic E-state index is 12.8. The molecule has 2 heterocycles. The lowest BCUT2D eigenvalue weighted by Gasteiger charge is -2.37. The number of esters is 1. The Morgan fingerprint density at radius 2 is 1.69 bits per heavy atom. The maximum Gasteiger partial charge on any atom is 0.340 e. The van der Waals surface area contributed by atoms with Gasteiger partial charge in [0.15, 0.2) is 5.60 Å². The number of nitrogens with zero attached hydrogens (tertiary/aromatic N) is 1. The van der Waals surface area contributed by atoms with E-state index in [1.165, 1.54) is 0 Å². The van der Waals surface area contributed by atoms with Crippen LogP contribution in [-0.4, -0.2) is 24.2 Å². The van der Waals surface area contributed by atoms with Crippen molar-refractivity contribution >= 4 is 11.7 Å². The second-order valence-corrected chi connectivity index (χ2v) is 7.25. The van der Waals surface area contributed by atoms with E-state index in [-0.39, 0.29) is 11.7 Å². The van der Waals surface area contributed by atoms with Gasteiger partial charge in [0, 0.05) is 41.5 Å². The Labute approximate surface area is 169 Å². The van der Waals surface area contributed by atoms with Gasteiger partial charge in [0.05, 0.1) is 5.56 Å². The standard InChI is InChI=1S/C24H21NO4/c1-3-25(4-2)15-9-12-21-20(13-15)24(19-11-10-16(26)14-22(19)28-21)18-8-6-5-7-17(18)23(27)29-24/h5-14,26H,3-4H2,1-2H3. The van der Waals surface area contributed by atoms with Gasteiger partial charge in [0.1, 0.15) is 17.2 Å². The van der Waals surface area contributed by atoms with Crippen molar-refractivity contribution in [1.82, 2.24) is 0 Å². The summed E-state index contributed by atoms with van der Waals surface area (Å²) >= 11 is 0. The Morgan fingerprint density at radius 1 is 0.897 bits per heavy atom. The first-order valence-corrected chi connectivity index (χ1v) is 9.82. The van der Waals surface area contributed by atoms with Crippen molar-refractivity contribution in [1.29, 1.82) is 0 Å². The number of benzene rings is 3. The number of hydrogen-bond donors (Lipinski definition) is 1. The lowest BCUT2D eigenvalue weighted by molar-refractivity contribution is 0.0224. The number of hydrogen-bond acceptors (Lipinski definition) is 5. The van der Waals surface area contributed by atoms with Gasteiger partial charge in [-0.2, -0.15) is 0 Å². The number of carbonyl (C=O) groups excluding carboxylic acids is 1. The smallest absolute Gasteiger partial charge is 0.340 e. The highest BCUT2D eigenvalue weighted by Crippen LogP contribution is 2.57. The molecule has 0 aliphatic carbocycles. The van der Waals surface area contributed by atoms with Crippen molar-refractivity contribution in [2.24, 2.45) is 0 Å². The fourth-order valence-corrected chi connectivity index (χ4v) is 4.43. The largest absolute Gasteiger partial charge is 0.508 e. The van der Waals surface area contributed by atoms with Gasteiger partial charge in [-0.15, -0.1) is 0 Å². The lowest BCUT2D eigenvalue weighted by atomic mass is 9.77. The predicted octanol–water partition coefficient (Wildman–Crippen LogP) is 4.81. The number of anilines is 1. The SMILES string of the molecule is CCN(CC)c1ccc2c(c1)C1(OC(=O)c3ccccc31)c1ccc(O)cc1O2. The highest BCUT2D eigenvalue weighted by Gasteiger charge is 2.53. The molecule has 146 valence electrons. The Kier molecular flexibility index (Phi) is 3.81. The molecule has 0 amide bonds. The van der Waals surface area contributed by atoms with Gasteiger partial charge in [0.25, 0.3) is 0 Å². The van der Waals surface area contributed by atoms with Gasteiger partial charge < -0.3 is 19.5 Å². The van der Waals surface area contributed by atoms with E-state index in [4.69, 9.17) is 9.47 Å². The van der Waals surface area contributed by atoms with Crippen LogP contribution in [-0.2, 0) is 10.3 Å². The molecule has 3 aromatic rings. The molecular formula is C24H21NO4. The third-order valence-corrected chi connectivity index (χ3v) is 5.81. The minimum absolute atomic E-state index is 0.0970. The van der Waals surface area contributed by atoms with Crippen LogP contribution in [0.3, 0.4) is 0 Å². The van der Waals surface area contributed by atoms with Gasteiger partial charge in [-0.05, 0) is 50.2 Å². The molecule has 0 bridgehead atoms. The molecule has 5 heteroatoms. The molecule has 5 rings (SSSR count). The van der Waals surface area contributed by atoms with Crippen molar-refractivity contribution in [2.75, 3.05) is 18.0 Å². The number of phenolic OH excluding ortho intramolecular Hbond substituents is 1. The minimum Gasteiger partial charge on any atom is -0.508 e. The summed E-state index contributed by atoms with van der Waals surface area (Å²) in [4.78, 5) is 15.1. The second kappa shape index (κ2) is 6.27. The monoisotopic (exact) mass is 387 g/mol. The van der Waals surface area contributed by atoms with Crippen LogP contribution >= 0.6 is 0 Å². The van der Waals surface area contributed by atoms with Crippen LogP contribution in [0.5, 0.6) is 17.2 Å². The molecule has 1 atom stereocenters. The molecule has 1 spiro atoms. The number of fused-ring (bicyclic) bond motifs is 6. The Hall–Kier alpha value is -3.47. The zero-order chi connectivity index (χ0) is 20.2.